The molecule has 2 heterocycles. The van der Waals surface area contributed by atoms with E-state index in [2.05, 4.69) is 0 Å². The van der Waals surface area contributed by atoms with Gasteiger partial charge in [0.1, 0.15) is 0 Å². The highest BCUT2D eigenvalue weighted by molar-refractivity contribution is 5.97. The van der Waals surface area contributed by atoms with Crippen LogP contribution in [-0.4, -0.2) is 24.5 Å². The van der Waals surface area contributed by atoms with E-state index in [1.54, 1.807) is 0 Å². The fourth-order valence-electron chi connectivity index (χ4n) is 9.14. The summed E-state index contributed by atoms with van der Waals surface area (Å²) in [5, 5.41) is 0. The second-order valence-corrected chi connectivity index (χ2v) is 9.46. The molecule has 0 aromatic heterocycles. The standard InChI is InChI=1S/C19H20O5/c20-17-14-7-2-9(11(14)4-23-17)12-5(7)1-6-8-3-10(13(6)12)16-15(8)18(21)24-19(16)22/h5-16H,1-4H2. The maximum Gasteiger partial charge on any atom is 0.317 e. The van der Waals surface area contributed by atoms with Gasteiger partial charge in [-0.25, -0.2) is 0 Å². The summed E-state index contributed by atoms with van der Waals surface area (Å²) in [4.78, 5) is 36.5. The summed E-state index contributed by atoms with van der Waals surface area (Å²) in [6.45, 7) is 0.617. The van der Waals surface area contributed by atoms with Gasteiger partial charge in [-0.3, -0.25) is 14.4 Å². The molecule has 2 aliphatic heterocycles. The molecule has 7 rings (SSSR count). The van der Waals surface area contributed by atoms with Crippen LogP contribution in [0.15, 0.2) is 0 Å². The zero-order valence-corrected chi connectivity index (χ0v) is 13.3. The van der Waals surface area contributed by atoms with Gasteiger partial charge in [0.15, 0.2) is 0 Å². The number of hydrogen-bond acceptors (Lipinski definition) is 5. The quantitative estimate of drug-likeness (QED) is 0.495. The number of carbonyl (C=O) groups is 3. The van der Waals surface area contributed by atoms with Crippen molar-refractivity contribution in [3.63, 3.8) is 0 Å². The molecule has 5 nitrogen and oxygen atoms in total. The average Bonchev–Trinajstić information content (AvgIpc) is 3.32. The number of fused-ring (bicyclic) bond motifs is 17. The van der Waals surface area contributed by atoms with Gasteiger partial charge in [0.2, 0.25) is 0 Å². The van der Waals surface area contributed by atoms with Crippen molar-refractivity contribution in [2.24, 2.45) is 71.0 Å². The number of cyclic esters (lactones) is 3. The maximum atomic E-state index is 12.2. The summed E-state index contributed by atoms with van der Waals surface area (Å²) in [6, 6.07) is 0. The predicted octanol–water partition coefficient (Wildman–Crippen LogP) is 1.26. The summed E-state index contributed by atoms with van der Waals surface area (Å²) >= 11 is 0. The summed E-state index contributed by atoms with van der Waals surface area (Å²) in [6.07, 6.45) is 3.41. The highest BCUT2D eigenvalue weighted by atomic mass is 16.6. The molecule has 0 aromatic rings. The highest BCUT2D eigenvalue weighted by Gasteiger charge is 2.75. The van der Waals surface area contributed by atoms with Crippen LogP contribution in [0.2, 0.25) is 0 Å². The van der Waals surface area contributed by atoms with Gasteiger partial charge in [-0.2, -0.15) is 0 Å². The molecule has 12 atom stereocenters. The van der Waals surface area contributed by atoms with E-state index in [1.165, 1.54) is 12.8 Å². The first kappa shape index (κ1) is 12.9. The van der Waals surface area contributed by atoms with Crippen LogP contribution in [-0.2, 0) is 23.9 Å². The molecule has 5 saturated carbocycles. The summed E-state index contributed by atoms with van der Waals surface area (Å²) in [5.41, 5.74) is 0. The van der Waals surface area contributed by atoms with Crippen LogP contribution in [0.25, 0.3) is 0 Å². The van der Waals surface area contributed by atoms with E-state index in [4.69, 9.17) is 9.47 Å². The van der Waals surface area contributed by atoms with Crippen molar-refractivity contribution in [2.75, 3.05) is 6.61 Å². The highest BCUT2D eigenvalue weighted by Crippen LogP contribution is 2.75. The third-order valence-electron chi connectivity index (χ3n) is 9.37. The molecule has 12 unspecified atom stereocenters. The Balaban J connectivity index is 1.29. The monoisotopic (exact) mass is 328 g/mol. The predicted molar refractivity (Wildman–Crippen MR) is 77.8 cm³/mol. The van der Waals surface area contributed by atoms with Gasteiger partial charge in [-0.05, 0) is 66.6 Å². The van der Waals surface area contributed by atoms with Gasteiger partial charge in [-0.1, -0.05) is 0 Å². The summed E-state index contributed by atoms with van der Waals surface area (Å²) < 4.78 is 10.4. The fraction of sp³-hybridized carbons (Fsp3) is 0.842. The third-order valence-corrected chi connectivity index (χ3v) is 9.37. The lowest BCUT2D eigenvalue weighted by molar-refractivity contribution is -0.155. The Morgan fingerprint density at radius 2 is 1.12 bits per heavy atom. The van der Waals surface area contributed by atoms with E-state index in [0.717, 1.165) is 6.42 Å². The van der Waals surface area contributed by atoms with E-state index in [-0.39, 0.29) is 35.7 Å². The van der Waals surface area contributed by atoms with E-state index in [9.17, 15) is 14.4 Å². The second kappa shape index (κ2) is 3.73. The Kier molecular flexibility index (Phi) is 2.00. The van der Waals surface area contributed by atoms with Gasteiger partial charge < -0.3 is 9.47 Å². The Bertz CT molecular complexity index is 715. The lowest BCUT2D eigenvalue weighted by Crippen LogP contribution is -2.40. The maximum absolute atomic E-state index is 12.2. The molecule has 7 aliphatic rings. The first-order chi connectivity index (χ1) is 11.6. The molecule has 24 heavy (non-hydrogen) atoms. The lowest BCUT2D eigenvalue weighted by Gasteiger charge is -2.38. The first-order valence-electron chi connectivity index (χ1n) is 9.57. The van der Waals surface area contributed by atoms with Crippen molar-refractivity contribution in [3.05, 3.63) is 0 Å². The molecule has 2 saturated heterocycles. The van der Waals surface area contributed by atoms with Gasteiger partial charge >= 0.3 is 17.9 Å². The van der Waals surface area contributed by atoms with Gasteiger partial charge in [0.05, 0.1) is 24.4 Å². The summed E-state index contributed by atoms with van der Waals surface area (Å²) in [7, 11) is 0. The Hall–Kier alpha value is -1.39. The minimum absolute atomic E-state index is 0.0432. The Morgan fingerprint density at radius 3 is 1.92 bits per heavy atom. The van der Waals surface area contributed by atoms with Crippen molar-refractivity contribution >= 4 is 17.9 Å². The molecule has 5 aliphatic carbocycles. The van der Waals surface area contributed by atoms with Crippen LogP contribution in [0, 0.1) is 71.0 Å². The van der Waals surface area contributed by atoms with Crippen LogP contribution in [0.5, 0.6) is 0 Å². The number of carbonyl (C=O) groups excluding carboxylic acids is 3. The minimum Gasteiger partial charge on any atom is -0.465 e. The van der Waals surface area contributed by atoms with Gasteiger partial charge in [-0.15, -0.1) is 0 Å². The molecule has 0 N–H and O–H groups in total. The van der Waals surface area contributed by atoms with Gasteiger partial charge in [0, 0.05) is 5.92 Å². The van der Waals surface area contributed by atoms with E-state index >= 15 is 0 Å². The second-order valence-electron chi connectivity index (χ2n) is 9.46. The van der Waals surface area contributed by atoms with Crippen LogP contribution in [0.1, 0.15) is 19.3 Å². The van der Waals surface area contributed by atoms with Crippen LogP contribution >= 0.6 is 0 Å². The zero-order valence-electron chi connectivity index (χ0n) is 13.3. The number of hydrogen-bond donors (Lipinski definition) is 0. The number of esters is 3. The molecule has 0 aromatic carbocycles. The fourth-order valence-corrected chi connectivity index (χ4v) is 9.14. The van der Waals surface area contributed by atoms with E-state index in [0.29, 0.717) is 59.9 Å². The summed E-state index contributed by atoms with van der Waals surface area (Å²) in [5.74, 6) is 4.12. The lowest BCUT2D eigenvalue weighted by atomic mass is 9.63. The molecular formula is C19H20O5. The molecule has 0 radical (unpaired) electrons. The van der Waals surface area contributed by atoms with E-state index in [1.807, 2.05) is 0 Å². The third kappa shape index (κ3) is 1.13. The normalized spacial score (nSPS) is 64.1. The Morgan fingerprint density at radius 1 is 0.583 bits per heavy atom. The number of rotatable bonds is 0. The molecule has 5 heteroatoms. The minimum atomic E-state index is -0.253. The average molecular weight is 328 g/mol. The topological polar surface area (TPSA) is 69.7 Å². The van der Waals surface area contributed by atoms with Crippen molar-refractivity contribution < 1.29 is 23.9 Å². The van der Waals surface area contributed by atoms with Crippen LogP contribution in [0.4, 0.5) is 0 Å². The zero-order chi connectivity index (χ0) is 15.9. The van der Waals surface area contributed by atoms with Crippen molar-refractivity contribution in [3.8, 4) is 0 Å². The Labute approximate surface area is 139 Å². The van der Waals surface area contributed by atoms with Crippen LogP contribution < -0.4 is 0 Å². The van der Waals surface area contributed by atoms with Crippen molar-refractivity contribution in [2.45, 2.75) is 19.3 Å². The molecule has 0 spiro atoms. The van der Waals surface area contributed by atoms with Gasteiger partial charge in [0.25, 0.3) is 0 Å². The largest absolute Gasteiger partial charge is 0.465 e. The first-order valence-corrected chi connectivity index (χ1v) is 9.57. The van der Waals surface area contributed by atoms with E-state index < -0.39 is 0 Å². The van der Waals surface area contributed by atoms with Crippen LogP contribution in [0.3, 0.4) is 0 Å². The molecule has 7 fully saturated rings. The van der Waals surface area contributed by atoms with Crippen molar-refractivity contribution in [1.29, 1.82) is 0 Å². The number of ether oxygens (including phenoxy) is 2. The molecule has 4 bridgehead atoms. The van der Waals surface area contributed by atoms with Crippen molar-refractivity contribution in [1.82, 2.24) is 0 Å². The SMILES string of the molecule is O=C1OCC2C3CC(C4CC5C6CC(C7C(=O)OC(=O)C67)C5C34)C12. The molecular weight excluding hydrogens is 308 g/mol. The molecule has 0 amide bonds. The molecule has 126 valence electrons. The smallest absolute Gasteiger partial charge is 0.317 e.